The van der Waals surface area contributed by atoms with E-state index in [1.54, 1.807) is 7.11 Å². The van der Waals surface area contributed by atoms with Crippen molar-refractivity contribution in [3.8, 4) is 11.5 Å². The summed E-state index contributed by atoms with van der Waals surface area (Å²) in [5.41, 5.74) is 1.68. The Hall–Kier alpha value is -2.87. The van der Waals surface area contributed by atoms with Crippen LogP contribution in [0.4, 0.5) is 0 Å². The largest absolute Gasteiger partial charge is 0.497 e. The normalized spacial score (nSPS) is 21.4. The molecule has 12 nitrogen and oxygen atoms in total. The molecule has 0 bridgehead atoms. The quantitative estimate of drug-likeness (QED) is 0.179. The molecule has 5 N–H and O–H groups in total. The number of phosphoric ester groups is 1. The third-order valence-corrected chi connectivity index (χ3v) is 6.77. The van der Waals surface area contributed by atoms with Gasteiger partial charge in [0.1, 0.15) is 41.1 Å². The molecule has 4 atom stereocenters. The van der Waals surface area contributed by atoms with Crippen molar-refractivity contribution in [1.29, 1.82) is 0 Å². The van der Waals surface area contributed by atoms with Crippen LogP contribution in [0.3, 0.4) is 0 Å². The highest BCUT2D eigenvalue weighted by atomic mass is 32.1. The van der Waals surface area contributed by atoms with Gasteiger partial charge >= 0.3 is 13.5 Å². The molecular weight excluding hydrogens is 539 g/mol. The highest BCUT2D eigenvalue weighted by Crippen LogP contribution is 2.38. The topological polar surface area (TPSA) is 173 Å². The maximum Gasteiger partial charge on any atom is 0.469 e. The Balaban J connectivity index is 1.45. The van der Waals surface area contributed by atoms with Gasteiger partial charge in [0.2, 0.25) is 0 Å². The molecule has 0 aliphatic carbocycles. The number of H-pyrrole nitrogens is 1. The van der Waals surface area contributed by atoms with Crippen LogP contribution in [0.5, 0.6) is 11.5 Å². The van der Waals surface area contributed by atoms with Crippen molar-refractivity contribution in [2.24, 2.45) is 0 Å². The number of hydrogen-bond donors (Lipinski definition) is 5. The number of aromatic nitrogens is 2. The molecule has 2 aromatic carbocycles. The SMILES string of the molecule is COc1cccc(COc2ccc(Cc3cn([C@@H]4O[C@H](COP(=O)(O)O)[C@@H](O)[C@H]4O)c(=O)[nH]c3=S)cc2)c1. The van der Waals surface area contributed by atoms with Crippen LogP contribution < -0.4 is 15.2 Å². The van der Waals surface area contributed by atoms with E-state index in [0.717, 1.165) is 21.4 Å². The molecule has 1 aliphatic rings. The minimum absolute atomic E-state index is 0.194. The Morgan fingerprint density at radius 2 is 1.82 bits per heavy atom. The average Bonchev–Trinajstić information content (AvgIpc) is 3.17. The molecule has 0 unspecified atom stereocenters. The zero-order chi connectivity index (χ0) is 27.4. The molecule has 1 saturated heterocycles. The number of aliphatic hydroxyl groups is 2. The Kier molecular flexibility index (Phi) is 8.81. The first-order valence-corrected chi connectivity index (χ1v) is 13.4. The average molecular weight is 567 g/mol. The highest BCUT2D eigenvalue weighted by molar-refractivity contribution is 7.71. The minimum atomic E-state index is -4.82. The molecule has 3 aromatic rings. The third-order valence-electron chi connectivity index (χ3n) is 5.92. The van der Waals surface area contributed by atoms with Gasteiger partial charge in [-0.1, -0.05) is 36.5 Å². The molecule has 2 heterocycles. The van der Waals surface area contributed by atoms with Crippen LogP contribution in [0.25, 0.3) is 0 Å². The Labute approximate surface area is 222 Å². The third kappa shape index (κ3) is 6.95. The predicted molar refractivity (Wildman–Crippen MR) is 136 cm³/mol. The van der Waals surface area contributed by atoms with Gasteiger partial charge in [0.25, 0.3) is 0 Å². The van der Waals surface area contributed by atoms with E-state index in [9.17, 15) is 19.6 Å². The molecule has 1 aliphatic heterocycles. The smallest absolute Gasteiger partial charge is 0.469 e. The van der Waals surface area contributed by atoms with Gasteiger partial charge in [0.05, 0.1) is 13.7 Å². The van der Waals surface area contributed by atoms with Crippen molar-refractivity contribution in [3.63, 3.8) is 0 Å². The fourth-order valence-electron chi connectivity index (χ4n) is 3.96. The van der Waals surface area contributed by atoms with E-state index in [-0.39, 0.29) is 4.64 Å². The molecule has 0 radical (unpaired) electrons. The number of aliphatic hydroxyl groups excluding tert-OH is 2. The van der Waals surface area contributed by atoms with Crippen LogP contribution in [-0.4, -0.2) is 61.6 Å². The molecule has 0 spiro atoms. The van der Waals surface area contributed by atoms with Crippen molar-refractivity contribution in [2.45, 2.75) is 37.6 Å². The van der Waals surface area contributed by atoms with Gasteiger partial charge in [-0.25, -0.2) is 9.36 Å². The van der Waals surface area contributed by atoms with Gasteiger partial charge in [-0.15, -0.1) is 0 Å². The first-order valence-electron chi connectivity index (χ1n) is 11.4. The van der Waals surface area contributed by atoms with E-state index >= 15 is 0 Å². The molecule has 0 amide bonds. The van der Waals surface area contributed by atoms with Crippen molar-refractivity contribution in [1.82, 2.24) is 9.55 Å². The minimum Gasteiger partial charge on any atom is -0.497 e. The van der Waals surface area contributed by atoms with Crippen LogP contribution in [0, 0.1) is 4.64 Å². The number of rotatable bonds is 10. The Morgan fingerprint density at radius 3 is 2.50 bits per heavy atom. The lowest BCUT2D eigenvalue weighted by Gasteiger charge is -2.18. The number of hydrogen-bond acceptors (Lipinski definition) is 9. The maximum absolute atomic E-state index is 12.6. The first-order chi connectivity index (χ1) is 18.0. The van der Waals surface area contributed by atoms with Gasteiger partial charge in [0, 0.05) is 18.2 Å². The number of ether oxygens (including phenoxy) is 3. The summed E-state index contributed by atoms with van der Waals surface area (Å²) in [5, 5.41) is 20.7. The number of phosphoric acid groups is 1. The standard InChI is InChI=1S/C24H27N2O10PS/c1-33-18-4-2-3-15(10-18)12-34-17-7-5-14(6-8-17)9-16-11-26(24(29)25-22(16)38)23-21(28)20(27)19(36-23)13-35-37(30,31)32/h2-8,10-11,19-21,23,27-28H,9,12-13H2,1H3,(H,25,29,38)(H2,30,31,32)/t19-,20-,21-,23-/m1/s1. The van der Waals surface area contributed by atoms with E-state index < -0.39 is 44.7 Å². The molecule has 0 saturated carbocycles. The van der Waals surface area contributed by atoms with Crippen molar-refractivity contribution in [2.75, 3.05) is 13.7 Å². The summed E-state index contributed by atoms with van der Waals surface area (Å²) in [6.07, 6.45) is -3.96. The Bertz CT molecular complexity index is 1420. The molecule has 1 fully saturated rings. The van der Waals surface area contributed by atoms with E-state index in [2.05, 4.69) is 9.51 Å². The number of benzene rings is 2. The second-order valence-electron chi connectivity index (χ2n) is 8.61. The molecular formula is C24H27N2O10PS. The summed E-state index contributed by atoms with van der Waals surface area (Å²) in [6.45, 7) is -0.321. The van der Waals surface area contributed by atoms with Gasteiger partial charge < -0.3 is 34.2 Å². The Morgan fingerprint density at radius 1 is 1.08 bits per heavy atom. The first kappa shape index (κ1) is 28.1. The molecule has 14 heteroatoms. The lowest BCUT2D eigenvalue weighted by atomic mass is 10.1. The second-order valence-corrected chi connectivity index (χ2v) is 10.3. The van der Waals surface area contributed by atoms with Crippen LogP contribution in [0.1, 0.15) is 22.9 Å². The van der Waals surface area contributed by atoms with Crippen molar-refractivity contribution in [3.05, 3.63) is 86.5 Å². The van der Waals surface area contributed by atoms with E-state index in [1.165, 1.54) is 6.20 Å². The molecule has 1 aromatic heterocycles. The number of nitrogens with zero attached hydrogens (tertiary/aromatic N) is 1. The lowest BCUT2D eigenvalue weighted by molar-refractivity contribution is -0.0543. The van der Waals surface area contributed by atoms with E-state index in [0.29, 0.717) is 24.3 Å². The number of methoxy groups -OCH3 is 1. The predicted octanol–water partition coefficient (Wildman–Crippen LogP) is 1.81. The summed E-state index contributed by atoms with van der Waals surface area (Å²) in [4.78, 5) is 32.9. The zero-order valence-electron chi connectivity index (χ0n) is 20.2. The fraction of sp³-hybridized carbons (Fsp3) is 0.333. The summed E-state index contributed by atoms with van der Waals surface area (Å²) >= 11 is 5.31. The lowest BCUT2D eigenvalue weighted by Crippen LogP contribution is -2.36. The van der Waals surface area contributed by atoms with Crippen LogP contribution in [0.2, 0.25) is 0 Å². The summed E-state index contributed by atoms with van der Waals surface area (Å²) < 4.78 is 33.1. The summed E-state index contributed by atoms with van der Waals surface area (Å²) in [6, 6.07) is 14.9. The molecule has 38 heavy (non-hydrogen) atoms. The van der Waals surface area contributed by atoms with Crippen LogP contribution in [0.15, 0.2) is 59.5 Å². The van der Waals surface area contributed by atoms with Crippen LogP contribution in [-0.2, 0) is 26.9 Å². The fourth-order valence-corrected chi connectivity index (χ4v) is 4.51. The number of nitrogens with one attached hydrogen (secondary N) is 1. The van der Waals surface area contributed by atoms with Crippen LogP contribution >= 0.6 is 20.0 Å². The second kappa shape index (κ2) is 11.9. The highest BCUT2D eigenvalue weighted by Gasteiger charge is 2.45. The van der Waals surface area contributed by atoms with Gasteiger partial charge in [-0.05, 0) is 35.4 Å². The van der Waals surface area contributed by atoms with Gasteiger partial charge in [-0.3, -0.25) is 14.1 Å². The molecule has 204 valence electrons. The maximum atomic E-state index is 12.6. The van der Waals surface area contributed by atoms with E-state index in [1.807, 2.05) is 48.5 Å². The van der Waals surface area contributed by atoms with E-state index in [4.69, 9.17) is 36.2 Å². The van der Waals surface area contributed by atoms with Crippen molar-refractivity contribution >= 4 is 20.0 Å². The summed E-state index contributed by atoms with van der Waals surface area (Å²) in [7, 11) is -3.22. The summed E-state index contributed by atoms with van der Waals surface area (Å²) in [5.74, 6) is 1.40. The van der Waals surface area contributed by atoms with Crippen molar-refractivity contribution < 1.29 is 43.3 Å². The van der Waals surface area contributed by atoms with Gasteiger partial charge in [-0.2, -0.15) is 0 Å². The zero-order valence-corrected chi connectivity index (χ0v) is 21.9. The number of aromatic amines is 1. The van der Waals surface area contributed by atoms with Gasteiger partial charge in [0.15, 0.2) is 6.23 Å². The molecule has 4 rings (SSSR count). The monoisotopic (exact) mass is 566 g/mol.